The van der Waals surface area contributed by atoms with Crippen LogP contribution < -0.4 is 4.74 Å². The smallest absolute Gasteiger partial charge is 0.225 e. The monoisotopic (exact) mass is 313 g/mol. The quantitative estimate of drug-likeness (QED) is 0.802. The van der Waals surface area contributed by atoms with Crippen molar-refractivity contribution in [2.75, 3.05) is 13.2 Å². The lowest BCUT2D eigenvalue weighted by Crippen LogP contribution is -2.26. The second kappa shape index (κ2) is 5.66. The maximum Gasteiger partial charge on any atom is 0.225 e. The highest BCUT2D eigenvalue weighted by Gasteiger charge is 2.21. The van der Waals surface area contributed by atoms with Crippen LogP contribution in [0, 0.1) is 6.92 Å². The molecule has 0 bridgehead atoms. The molecular weight excluding hydrogens is 294 g/mol. The Labute approximate surface area is 133 Å². The number of nitrogens with one attached hydrogen (secondary N) is 1. The Morgan fingerprint density at radius 1 is 1.35 bits per heavy atom. The van der Waals surface area contributed by atoms with Gasteiger partial charge in [-0.25, -0.2) is 4.98 Å². The van der Waals surface area contributed by atoms with Crippen molar-refractivity contribution in [2.24, 2.45) is 7.05 Å². The van der Waals surface area contributed by atoms with Gasteiger partial charge in [-0.05, 0) is 13.0 Å². The van der Waals surface area contributed by atoms with Crippen LogP contribution >= 0.6 is 0 Å². The number of H-pyrrole nitrogens is 1. The van der Waals surface area contributed by atoms with E-state index in [2.05, 4.69) is 20.3 Å². The molecule has 0 spiro atoms. The van der Waals surface area contributed by atoms with E-state index in [0.29, 0.717) is 5.88 Å². The number of nitrogens with zero attached hydrogens (tertiary/aromatic N) is 4. The maximum atomic E-state index is 6.16. The predicted octanol–water partition coefficient (Wildman–Crippen LogP) is 2.22. The van der Waals surface area contributed by atoms with Gasteiger partial charge in [-0.1, -0.05) is 0 Å². The highest BCUT2D eigenvalue weighted by molar-refractivity contribution is 5.96. The summed E-state index contributed by atoms with van der Waals surface area (Å²) in [6.45, 7) is 3.45. The fourth-order valence-corrected chi connectivity index (χ4v) is 3.00. The second-order valence-electron chi connectivity index (χ2n) is 5.84. The van der Waals surface area contributed by atoms with Crippen molar-refractivity contribution in [3.05, 3.63) is 24.2 Å². The molecule has 3 aromatic heterocycles. The average molecular weight is 313 g/mol. The van der Waals surface area contributed by atoms with Crippen LogP contribution in [0.2, 0.25) is 0 Å². The molecular formula is C16H19N5O2. The summed E-state index contributed by atoms with van der Waals surface area (Å²) < 4.78 is 13.3. The molecule has 0 amide bonds. The molecule has 7 nitrogen and oxygen atoms in total. The van der Waals surface area contributed by atoms with Crippen molar-refractivity contribution in [1.82, 2.24) is 25.0 Å². The van der Waals surface area contributed by atoms with Crippen LogP contribution in [0.15, 0.2) is 18.5 Å². The molecule has 0 aromatic carbocycles. The first-order valence-corrected chi connectivity index (χ1v) is 7.80. The zero-order valence-corrected chi connectivity index (χ0v) is 13.2. The minimum absolute atomic E-state index is 0.139. The summed E-state index contributed by atoms with van der Waals surface area (Å²) in [5.74, 6) is 0.626. The van der Waals surface area contributed by atoms with Gasteiger partial charge in [0.2, 0.25) is 5.88 Å². The Morgan fingerprint density at radius 2 is 2.17 bits per heavy atom. The molecule has 1 aliphatic rings. The zero-order valence-electron chi connectivity index (χ0n) is 13.2. The lowest BCUT2D eigenvalue weighted by atomic mass is 10.1. The SMILES string of the molecule is Cc1nn(C)cc1-c1n[nH]c2ccnc(OC3CCOCC3)c12. The van der Waals surface area contributed by atoms with Gasteiger partial charge in [0, 0.05) is 37.8 Å². The van der Waals surface area contributed by atoms with Crippen LogP contribution in [0.25, 0.3) is 22.2 Å². The highest BCUT2D eigenvalue weighted by Crippen LogP contribution is 2.34. The molecule has 1 saturated heterocycles. The third-order valence-corrected chi connectivity index (χ3v) is 4.16. The van der Waals surface area contributed by atoms with Crippen LogP contribution in [0.3, 0.4) is 0 Å². The summed E-state index contributed by atoms with van der Waals surface area (Å²) in [7, 11) is 1.91. The molecule has 1 aliphatic heterocycles. The molecule has 120 valence electrons. The Morgan fingerprint density at radius 3 is 2.91 bits per heavy atom. The van der Waals surface area contributed by atoms with E-state index in [0.717, 1.165) is 53.9 Å². The van der Waals surface area contributed by atoms with Crippen molar-refractivity contribution in [2.45, 2.75) is 25.9 Å². The van der Waals surface area contributed by atoms with E-state index in [-0.39, 0.29) is 6.10 Å². The first-order valence-electron chi connectivity index (χ1n) is 7.80. The van der Waals surface area contributed by atoms with E-state index in [9.17, 15) is 0 Å². The molecule has 0 atom stereocenters. The predicted molar refractivity (Wildman–Crippen MR) is 85.3 cm³/mol. The van der Waals surface area contributed by atoms with Gasteiger partial charge in [0.25, 0.3) is 0 Å². The Balaban J connectivity index is 1.78. The van der Waals surface area contributed by atoms with Gasteiger partial charge < -0.3 is 9.47 Å². The molecule has 4 rings (SSSR count). The summed E-state index contributed by atoms with van der Waals surface area (Å²) in [5, 5.41) is 12.9. The number of rotatable bonds is 3. The second-order valence-corrected chi connectivity index (χ2v) is 5.84. The summed E-state index contributed by atoms with van der Waals surface area (Å²) in [4.78, 5) is 4.45. The lowest BCUT2D eigenvalue weighted by Gasteiger charge is -2.23. The molecule has 4 heterocycles. The maximum absolute atomic E-state index is 6.16. The summed E-state index contributed by atoms with van der Waals surface area (Å²) in [5.41, 5.74) is 3.67. The number of ether oxygens (including phenoxy) is 2. The van der Waals surface area contributed by atoms with Crippen LogP contribution in [-0.2, 0) is 11.8 Å². The molecule has 0 aliphatic carbocycles. The van der Waals surface area contributed by atoms with E-state index >= 15 is 0 Å². The largest absolute Gasteiger partial charge is 0.474 e. The van der Waals surface area contributed by atoms with Crippen LogP contribution in [-0.4, -0.2) is 44.3 Å². The van der Waals surface area contributed by atoms with Crippen molar-refractivity contribution in [3.63, 3.8) is 0 Å². The number of aromatic nitrogens is 5. The number of hydrogen-bond donors (Lipinski definition) is 1. The van der Waals surface area contributed by atoms with Crippen LogP contribution in [0.4, 0.5) is 0 Å². The highest BCUT2D eigenvalue weighted by atomic mass is 16.5. The van der Waals surface area contributed by atoms with Crippen LogP contribution in [0.5, 0.6) is 5.88 Å². The van der Waals surface area contributed by atoms with Gasteiger partial charge in [-0.2, -0.15) is 10.2 Å². The van der Waals surface area contributed by atoms with E-state index in [1.807, 2.05) is 26.2 Å². The molecule has 0 unspecified atom stereocenters. The van der Waals surface area contributed by atoms with E-state index < -0.39 is 0 Å². The molecule has 0 saturated carbocycles. The van der Waals surface area contributed by atoms with E-state index in [4.69, 9.17) is 9.47 Å². The molecule has 0 radical (unpaired) electrons. The van der Waals surface area contributed by atoms with Gasteiger partial charge in [0.15, 0.2) is 0 Å². The summed E-state index contributed by atoms with van der Waals surface area (Å²) >= 11 is 0. The third-order valence-electron chi connectivity index (χ3n) is 4.16. The number of hydrogen-bond acceptors (Lipinski definition) is 5. The topological polar surface area (TPSA) is 77.9 Å². The van der Waals surface area contributed by atoms with Crippen molar-refractivity contribution < 1.29 is 9.47 Å². The Kier molecular flexibility index (Phi) is 3.49. The van der Waals surface area contributed by atoms with Gasteiger partial charge in [-0.3, -0.25) is 9.78 Å². The van der Waals surface area contributed by atoms with E-state index in [1.165, 1.54) is 0 Å². The van der Waals surface area contributed by atoms with Gasteiger partial charge >= 0.3 is 0 Å². The summed E-state index contributed by atoms with van der Waals surface area (Å²) in [6, 6.07) is 1.91. The van der Waals surface area contributed by atoms with Gasteiger partial charge in [0.1, 0.15) is 11.8 Å². The Bertz CT molecular complexity index is 832. The molecule has 1 fully saturated rings. The minimum atomic E-state index is 0.139. The first-order chi connectivity index (χ1) is 11.2. The third kappa shape index (κ3) is 2.57. The number of aryl methyl sites for hydroxylation is 2. The molecule has 3 aromatic rings. The van der Waals surface area contributed by atoms with Gasteiger partial charge in [0.05, 0.1) is 29.8 Å². The minimum Gasteiger partial charge on any atom is -0.474 e. The van der Waals surface area contributed by atoms with E-state index in [1.54, 1.807) is 10.9 Å². The summed E-state index contributed by atoms with van der Waals surface area (Å²) in [6.07, 6.45) is 5.62. The van der Waals surface area contributed by atoms with Crippen molar-refractivity contribution in [3.8, 4) is 17.1 Å². The standard InChI is InChI=1S/C16H19N5O2/c1-10-12(9-21(2)20-10)15-14-13(18-19-15)3-6-17-16(14)23-11-4-7-22-8-5-11/h3,6,9,11H,4-5,7-8H2,1-2H3,(H,18,19). The van der Waals surface area contributed by atoms with Crippen molar-refractivity contribution in [1.29, 1.82) is 0 Å². The lowest BCUT2D eigenvalue weighted by molar-refractivity contribution is 0.0244. The average Bonchev–Trinajstić information content (AvgIpc) is 3.12. The first kappa shape index (κ1) is 14.2. The molecule has 23 heavy (non-hydrogen) atoms. The molecule has 7 heteroatoms. The van der Waals surface area contributed by atoms with Crippen molar-refractivity contribution >= 4 is 10.9 Å². The number of fused-ring (bicyclic) bond motifs is 1. The zero-order chi connectivity index (χ0) is 15.8. The normalized spacial score (nSPS) is 16.1. The molecule has 1 N–H and O–H groups in total. The fourth-order valence-electron chi connectivity index (χ4n) is 3.00. The number of aromatic amines is 1. The number of pyridine rings is 1. The van der Waals surface area contributed by atoms with Crippen LogP contribution in [0.1, 0.15) is 18.5 Å². The fraction of sp³-hybridized carbons (Fsp3) is 0.438. The van der Waals surface area contributed by atoms with Gasteiger partial charge in [-0.15, -0.1) is 0 Å². The Hall–Kier alpha value is -2.41.